The molecule has 0 radical (unpaired) electrons. The lowest BCUT2D eigenvalue weighted by Gasteiger charge is -2.27. The van der Waals surface area contributed by atoms with Gasteiger partial charge < -0.3 is 15.0 Å². The number of piperidine rings is 1. The van der Waals surface area contributed by atoms with Gasteiger partial charge in [-0.15, -0.1) is 0 Å². The van der Waals surface area contributed by atoms with Gasteiger partial charge in [0.2, 0.25) is 0 Å². The molecule has 0 bridgehead atoms. The molecule has 1 aromatic carbocycles. The van der Waals surface area contributed by atoms with E-state index in [0.717, 1.165) is 31.7 Å². The van der Waals surface area contributed by atoms with Crippen molar-refractivity contribution in [2.45, 2.75) is 19.3 Å². The van der Waals surface area contributed by atoms with Crippen LogP contribution in [-0.4, -0.2) is 36.1 Å². The number of hydrogen-bond acceptors (Lipinski definition) is 5. The molecule has 2 heterocycles. The average molecular weight is 347 g/mol. The highest BCUT2D eigenvalue weighted by atomic mass is 35.5. The van der Waals surface area contributed by atoms with Gasteiger partial charge in [-0.25, -0.2) is 9.97 Å². The van der Waals surface area contributed by atoms with Crippen LogP contribution in [0, 0.1) is 0 Å². The second-order valence-corrected chi connectivity index (χ2v) is 6.04. The second-order valence-electron chi connectivity index (χ2n) is 5.61. The van der Waals surface area contributed by atoms with Crippen molar-refractivity contribution in [3.63, 3.8) is 0 Å². The monoisotopic (exact) mass is 346 g/mol. The van der Waals surface area contributed by atoms with Crippen LogP contribution in [0.2, 0.25) is 5.02 Å². The van der Waals surface area contributed by atoms with Gasteiger partial charge in [-0.1, -0.05) is 11.6 Å². The summed E-state index contributed by atoms with van der Waals surface area (Å²) < 4.78 is 5.24. The van der Waals surface area contributed by atoms with E-state index in [-0.39, 0.29) is 5.91 Å². The summed E-state index contributed by atoms with van der Waals surface area (Å²) in [7, 11) is 1.54. The minimum atomic E-state index is -0.323. The fourth-order valence-corrected chi connectivity index (χ4v) is 2.90. The number of carbonyl (C=O) groups excluding carboxylic acids is 1. The number of carbonyl (C=O) groups is 1. The Labute approximate surface area is 145 Å². The van der Waals surface area contributed by atoms with Gasteiger partial charge in [0.1, 0.15) is 23.6 Å². The first-order valence-corrected chi connectivity index (χ1v) is 8.27. The second kappa shape index (κ2) is 7.49. The quantitative estimate of drug-likeness (QED) is 0.919. The number of anilines is 2. The van der Waals surface area contributed by atoms with Crippen LogP contribution in [0.5, 0.6) is 5.75 Å². The van der Waals surface area contributed by atoms with Crippen LogP contribution in [0.1, 0.15) is 29.8 Å². The molecule has 6 nitrogen and oxygen atoms in total. The predicted molar refractivity (Wildman–Crippen MR) is 94.1 cm³/mol. The maximum Gasteiger partial charge on any atom is 0.274 e. The summed E-state index contributed by atoms with van der Waals surface area (Å²) in [6, 6.07) is 6.77. The van der Waals surface area contributed by atoms with Gasteiger partial charge in [0, 0.05) is 24.2 Å². The summed E-state index contributed by atoms with van der Waals surface area (Å²) in [6.07, 6.45) is 4.95. The molecule has 0 spiro atoms. The molecule has 0 saturated carbocycles. The predicted octanol–water partition coefficient (Wildman–Crippen LogP) is 3.38. The average Bonchev–Trinajstić information content (AvgIpc) is 2.63. The molecule has 3 rings (SSSR count). The van der Waals surface area contributed by atoms with Crippen LogP contribution in [0.15, 0.2) is 30.6 Å². The molecular formula is C17H19ClN4O2. The third kappa shape index (κ3) is 3.76. The Hall–Kier alpha value is -2.34. The smallest absolute Gasteiger partial charge is 0.274 e. The fourth-order valence-electron chi connectivity index (χ4n) is 2.73. The van der Waals surface area contributed by atoms with Crippen molar-refractivity contribution in [3.05, 3.63) is 41.3 Å². The van der Waals surface area contributed by atoms with Crippen molar-refractivity contribution in [1.82, 2.24) is 9.97 Å². The van der Waals surface area contributed by atoms with Gasteiger partial charge in [0.15, 0.2) is 0 Å². The molecule has 7 heteroatoms. The molecule has 1 amide bonds. The first-order valence-electron chi connectivity index (χ1n) is 7.89. The Kier molecular flexibility index (Phi) is 5.15. The SMILES string of the molecule is COc1ccc(Cl)cc1NC(=O)c1cc(N2CCCCC2)ncn1. The van der Waals surface area contributed by atoms with Crippen molar-refractivity contribution >= 4 is 29.0 Å². The number of ether oxygens (including phenoxy) is 1. The molecular weight excluding hydrogens is 328 g/mol. The number of aromatic nitrogens is 2. The molecule has 1 aliphatic rings. The zero-order chi connectivity index (χ0) is 16.9. The Balaban J connectivity index is 1.79. The number of rotatable bonds is 4. The van der Waals surface area contributed by atoms with Crippen LogP contribution >= 0.6 is 11.6 Å². The van der Waals surface area contributed by atoms with E-state index in [1.807, 2.05) is 0 Å². The van der Waals surface area contributed by atoms with Crippen LogP contribution in [0.4, 0.5) is 11.5 Å². The molecule has 1 aromatic heterocycles. The van der Waals surface area contributed by atoms with Gasteiger partial charge in [0.05, 0.1) is 12.8 Å². The molecule has 24 heavy (non-hydrogen) atoms. The lowest BCUT2D eigenvalue weighted by molar-refractivity contribution is 0.102. The van der Waals surface area contributed by atoms with E-state index in [2.05, 4.69) is 20.2 Å². The van der Waals surface area contributed by atoms with Gasteiger partial charge in [-0.05, 0) is 37.5 Å². The molecule has 1 fully saturated rings. The Morgan fingerprint density at radius 1 is 1.21 bits per heavy atom. The van der Waals surface area contributed by atoms with Gasteiger partial charge in [-0.3, -0.25) is 4.79 Å². The molecule has 0 aliphatic carbocycles. The highest BCUT2D eigenvalue weighted by Gasteiger charge is 2.16. The number of nitrogens with zero attached hydrogens (tertiary/aromatic N) is 3. The van der Waals surface area contributed by atoms with E-state index in [1.165, 1.54) is 19.9 Å². The lowest BCUT2D eigenvalue weighted by Crippen LogP contribution is -2.30. The molecule has 2 aromatic rings. The summed E-state index contributed by atoms with van der Waals surface area (Å²) in [6.45, 7) is 1.92. The summed E-state index contributed by atoms with van der Waals surface area (Å²) in [5, 5.41) is 3.31. The van der Waals surface area contributed by atoms with Crippen molar-refractivity contribution in [2.24, 2.45) is 0 Å². The summed E-state index contributed by atoms with van der Waals surface area (Å²) in [4.78, 5) is 23.1. The number of halogens is 1. The third-order valence-corrected chi connectivity index (χ3v) is 4.21. The van der Waals surface area contributed by atoms with Gasteiger partial charge in [0.25, 0.3) is 5.91 Å². The number of benzene rings is 1. The fraction of sp³-hybridized carbons (Fsp3) is 0.353. The number of amides is 1. The Morgan fingerprint density at radius 3 is 2.75 bits per heavy atom. The van der Waals surface area contributed by atoms with Crippen molar-refractivity contribution in [2.75, 3.05) is 30.4 Å². The summed E-state index contributed by atoms with van der Waals surface area (Å²) in [5.74, 6) is 1.00. The third-order valence-electron chi connectivity index (χ3n) is 3.98. The number of hydrogen-bond donors (Lipinski definition) is 1. The topological polar surface area (TPSA) is 67.3 Å². The number of methoxy groups -OCH3 is 1. The van der Waals surface area contributed by atoms with E-state index < -0.39 is 0 Å². The van der Waals surface area contributed by atoms with Crippen LogP contribution in [0.3, 0.4) is 0 Å². The minimum Gasteiger partial charge on any atom is -0.495 e. The molecule has 1 saturated heterocycles. The van der Waals surface area contributed by atoms with Gasteiger partial charge >= 0.3 is 0 Å². The van der Waals surface area contributed by atoms with Crippen LogP contribution in [-0.2, 0) is 0 Å². The molecule has 1 N–H and O–H groups in total. The molecule has 1 aliphatic heterocycles. The van der Waals surface area contributed by atoms with E-state index in [4.69, 9.17) is 16.3 Å². The number of nitrogens with one attached hydrogen (secondary N) is 1. The van der Waals surface area contributed by atoms with Crippen LogP contribution in [0.25, 0.3) is 0 Å². The van der Waals surface area contributed by atoms with E-state index in [9.17, 15) is 4.79 Å². The zero-order valence-electron chi connectivity index (χ0n) is 13.5. The Morgan fingerprint density at radius 2 is 2.00 bits per heavy atom. The standard InChI is InChI=1S/C17H19ClN4O2/c1-24-15-6-5-12(18)9-13(15)21-17(23)14-10-16(20-11-19-14)22-7-3-2-4-8-22/h5-6,9-11H,2-4,7-8H2,1H3,(H,21,23). The molecule has 0 unspecified atom stereocenters. The maximum absolute atomic E-state index is 12.5. The highest BCUT2D eigenvalue weighted by Crippen LogP contribution is 2.28. The van der Waals surface area contributed by atoms with Crippen molar-refractivity contribution in [1.29, 1.82) is 0 Å². The first kappa shape index (κ1) is 16.5. The largest absolute Gasteiger partial charge is 0.495 e. The lowest BCUT2D eigenvalue weighted by atomic mass is 10.1. The van der Waals surface area contributed by atoms with Crippen molar-refractivity contribution < 1.29 is 9.53 Å². The molecule has 0 atom stereocenters. The highest BCUT2D eigenvalue weighted by molar-refractivity contribution is 6.31. The summed E-state index contributed by atoms with van der Waals surface area (Å²) in [5.41, 5.74) is 0.820. The molecule has 126 valence electrons. The van der Waals surface area contributed by atoms with E-state index in [1.54, 1.807) is 24.3 Å². The van der Waals surface area contributed by atoms with Crippen molar-refractivity contribution in [3.8, 4) is 5.75 Å². The van der Waals surface area contributed by atoms with E-state index in [0.29, 0.717) is 22.2 Å². The minimum absolute atomic E-state index is 0.313. The van der Waals surface area contributed by atoms with Gasteiger partial charge in [-0.2, -0.15) is 0 Å². The van der Waals surface area contributed by atoms with E-state index >= 15 is 0 Å². The normalized spacial score (nSPS) is 14.3. The zero-order valence-corrected chi connectivity index (χ0v) is 14.2. The Bertz CT molecular complexity index is 732. The first-order chi connectivity index (χ1) is 11.7. The summed E-state index contributed by atoms with van der Waals surface area (Å²) >= 11 is 5.99. The van der Waals surface area contributed by atoms with Crippen LogP contribution < -0.4 is 15.0 Å². The maximum atomic E-state index is 12.5.